The molecule has 0 aromatic carbocycles. The van der Waals surface area contributed by atoms with Crippen molar-refractivity contribution >= 4 is 0 Å². The van der Waals surface area contributed by atoms with E-state index in [1.165, 1.54) is 0 Å². The Labute approximate surface area is 52.7 Å². The molecule has 0 spiro atoms. The SMILES string of the molecule is C[C@@H]1OC(O)[C@@H](O)[C@@H]1O. The van der Waals surface area contributed by atoms with Crippen molar-refractivity contribution in [2.24, 2.45) is 0 Å². The monoisotopic (exact) mass is 134 g/mol. The maximum Gasteiger partial charge on any atom is 0.183 e. The van der Waals surface area contributed by atoms with E-state index >= 15 is 0 Å². The predicted molar refractivity (Wildman–Crippen MR) is 28.6 cm³/mol. The molecule has 1 aliphatic heterocycles. The lowest BCUT2D eigenvalue weighted by atomic mass is 10.2. The molecule has 0 aromatic rings. The van der Waals surface area contributed by atoms with Crippen molar-refractivity contribution in [2.45, 2.75) is 31.5 Å². The van der Waals surface area contributed by atoms with Gasteiger partial charge in [-0.25, -0.2) is 0 Å². The molecule has 0 aliphatic carbocycles. The third-order valence-electron chi connectivity index (χ3n) is 1.48. The average Bonchev–Trinajstić information content (AvgIpc) is 1.98. The van der Waals surface area contributed by atoms with Crippen LogP contribution in [0, 0.1) is 0 Å². The lowest BCUT2D eigenvalue weighted by Crippen LogP contribution is -2.31. The van der Waals surface area contributed by atoms with Gasteiger partial charge >= 0.3 is 0 Å². The second kappa shape index (κ2) is 2.22. The molecule has 4 atom stereocenters. The molecule has 1 unspecified atom stereocenters. The van der Waals surface area contributed by atoms with E-state index in [-0.39, 0.29) is 0 Å². The number of aliphatic hydroxyl groups excluding tert-OH is 3. The summed E-state index contributed by atoms with van der Waals surface area (Å²) >= 11 is 0. The van der Waals surface area contributed by atoms with Gasteiger partial charge in [-0.05, 0) is 6.92 Å². The Bertz CT molecular complexity index is 93.1. The van der Waals surface area contributed by atoms with Gasteiger partial charge in [0.25, 0.3) is 0 Å². The lowest BCUT2D eigenvalue weighted by molar-refractivity contribution is -0.124. The summed E-state index contributed by atoms with van der Waals surface area (Å²) in [5.41, 5.74) is 0. The highest BCUT2D eigenvalue weighted by Crippen LogP contribution is 2.18. The lowest BCUT2D eigenvalue weighted by Gasteiger charge is -2.07. The fourth-order valence-corrected chi connectivity index (χ4v) is 0.827. The molecule has 0 bridgehead atoms. The molecule has 1 fully saturated rings. The van der Waals surface area contributed by atoms with Crippen LogP contribution in [0.15, 0.2) is 0 Å². The Morgan fingerprint density at radius 3 is 1.78 bits per heavy atom. The van der Waals surface area contributed by atoms with Crippen LogP contribution in [0.3, 0.4) is 0 Å². The van der Waals surface area contributed by atoms with Crippen LogP contribution >= 0.6 is 0 Å². The smallest absolute Gasteiger partial charge is 0.183 e. The molecule has 0 aromatic heterocycles. The summed E-state index contributed by atoms with van der Waals surface area (Å²) < 4.78 is 4.64. The number of rotatable bonds is 0. The van der Waals surface area contributed by atoms with E-state index in [1.807, 2.05) is 0 Å². The first kappa shape index (κ1) is 6.95. The largest absolute Gasteiger partial charge is 0.388 e. The number of aliphatic hydroxyl groups is 3. The van der Waals surface area contributed by atoms with Crippen LogP contribution in [0.4, 0.5) is 0 Å². The fraction of sp³-hybridized carbons (Fsp3) is 1.00. The third kappa shape index (κ3) is 1.07. The summed E-state index contributed by atoms with van der Waals surface area (Å²) in [5, 5.41) is 26.4. The Hall–Kier alpha value is -0.160. The Morgan fingerprint density at radius 2 is 1.67 bits per heavy atom. The molecule has 1 rings (SSSR count). The minimum Gasteiger partial charge on any atom is -0.388 e. The van der Waals surface area contributed by atoms with Crippen LogP contribution in [0.1, 0.15) is 6.92 Å². The summed E-state index contributed by atoms with van der Waals surface area (Å²) in [4.78, 5) is 0. The van der Waals surface area contributed by atoms with Crippen molar-refractivity contribution in [3.63, 3.8) is 0 Å². The maximum atomic E-state index is 8.90. The van der Waals surface area contributed by atoms with Gasteiger partial charge in [-0.2, -0.15) is 0 Å². The second-order valence-corrected chi connectivity index (χ2v) is 2.21. The van der Waals surface area contributed by atoms with Crippen LogP contribution in [-0.2, 0) is 4.74 Å². The molecule has 0 radical (unpaired) electrons. The van der Waals surface area contributed by atoms with Crippen molar-refractivity contribution in [2.75, 3.05) is 0 Å². The van der Waals surface area contributed by atoms with Crippen LogP contribution in [0.25, 0.3) is 0 Å². The average molecular weight is 134 g/mol. The molecule has 3 N–H and O–H groups in total. The highest BCUT2D eigenvalue weighted by Gasteiger charge is 2.38. The van der Waals surface area contributed by atoms with Crippen LogP contribution < -0.4 is 0 Å². The van der Waals surface area contributed by atoms with E-state index in [4.69, 9.17) is 15.3 Å². The molecule has 1 aliphatic rings. The van der Waals surface area contributed by atoms with Crippen molar-refractivity contribution in [1.29, 1.82) is 0 Å². The van der Waals surface area contributed by atoms with Crippen LogP contribution in [-0.4, -0.2) is 39.9 Å². The molecule has 0 saturated carbocycles. The third-order valence-corrected chi connectivity index (χ3v) is 1.48. The van der Waals surface area contributed by atoms with Crippen molar-refractivity contribution < 1.29 is 20.1 Å². The zero-order valence-corrected chi connectivity index (χ0v) is 5.06. The predicted octanol–water partition coefficient (Wildman–Crippen LogP) is -1.55. The molecule has 1 heterocycles. The summed E-state index contributed by atoms with van der Waals surface area (Å²) in [6.07, 6.45) is -3.81. The quantitative estimate of drug-likeness (QED) is 0.375. The summed E-state index contributed by atoms with van der Waals surface area (Å²) in [7, 11) is 0. The molecule has 1 saturated heterocycles. The van der Waals surface area contributed by atoms with Crippen LogP contribution in [0.2, 0.25) is 0 Å². The van der Waals surface area contributed by atoms with Gasteiger partial charge in [0.15, 0.2) is 6.29 Å². The summed E-state index contributed by atoms with van der Waals surface area (Å²) in [6.45, 7) is 1.59. The molecule has 54 valence electrons. The van der Waals surface area contributed by atoms with E-state index in [9.17, 15) is 0 Å². The number of hydrogen-bond acceptors (Lipinski definition) is 4. The minimum absolute atomic E-state index is 0.477. The Balaban J connectivity index is 2.54. The highest BCUT2D eigenvalue weighted by molar-refractivity contribution is 4.82. The van der Waals surface area contributed by atoms with Crippen LogP contribution in [0.5, 0.6) is 0 Å². The first-order valence-corrected chi connectivity index (χ1v) is 2.82. The normalized spacial score (nSPS) is 52.0. The standard InChI is InChI=1S/C5H10O4/c1-2-3(6)4(7)5(8)9-2/h2-8H,1H3/t2-,3+,4-,5?/m0/s1. The Morgan fingerprint density at radius 1 is 1.11 bits per heavy atom. The molecule has 0 amide bonds. The van der Waals surface area contributed by atoms with Gasteiger partial charge in [0.2, 0.25) is 0 Å². The van der Waals surface area contributed by atoms with Crippen molar-refractivity contribution in [3.8, 4) is 0 Å². The molecule has 4 nitrogen and oxygen atoms in total. The van der Waals surface area contributed by atoms with Gasteiger partial charge in [-0.1, -0.05) is 0 Å². The first-order chi connectivity index (χ1) is 4.13. The maximum absolute atomic E-state index is 8.90. The zero-order chi connectivity index (χ0) is 7.02. The molecule has 9 heavy (non-hydrogen) atoms. The first-order valence-electron chi connectivity index (χ1n) is 2.82. The highest BCUT2D eigenvalue weighted by atomic mass is 16.6. The van der Waals surface area contributed by atoms with Crippen molar-refractivity contribution in [3.05, 3.63) is 0 Å². The topological polar surface area (TPSA) is 69.9 Å². The zero-order valence-electron chi connectivity index (χ0n) is 5.06. The van der Waals surface area contributed by atoms with E-state index < -0.39 is 24.6 Å². The van der Waals surface area contributed by atoms with Gasteiger partial charge in [0, 0.05) is 0 Å². The van der Waals surface area contributed by atoms with Gasteiger partial charge in [-0.15, -0.1) is 0 Å². The van der Waals surface area contributed by atoms with Gasteiger partial charge < -0.3 is 20.1 Å². The van der Waals surface area contributed by atoms with E-state index in [1.54, 1.807) is 6.92 Å². The van der Waals surface area contributed by atoms with E-state index in [0.29, 0.717) is 0 Å². The fourth-order valence-electron chi connectivity index (χ4n) is 0.827. The summed E-state index contributed by atoms with van der Waals surface area (Å²) in [6, 6.07) is 0. The van der Waals surface area contributed by atoms with Gasteiger partial charge in [0.1, 0.15) is 12.2 Å². The number of hydrogen-bond donors (Lipinski definition) is 3. The number of ether oxygens (including phenoxy) is 1. The van der Waals surface area contributed by atoms with E-state index in [2.05, 4.69) is 4.74 Å². The Kier molecular flexibility index (Phi) is 1.72. The van der Waals surface area contributed by atoms with Crippen molar-refractivity contribution in [1.82, 2.24) is 0 Å². The minimum atomic E-state index is -1.23. The molecule has 4 heteroatoms. The summed E-state index contributed by atoms with van der Waals surface area (Å²) in [5.74, 6) is 0. The molecular formula is C5H10O4. The van der Waals surface area contributed by atoms with Gasteiger partial charge in [-0.3, -0.25) is 0 Å². The second-order valence-electron chi connectivity index (χ2n) is 2.21. The van der Waals surface area contributed by atoms with E-state index in [0.717, 1.165) is 0 Å². The van der Waals surface area contributed by atoms with Gasteiger partial charge in [0.05, 0.1) is 6.10 Å². The molecular weight excluding hydrogens is 124 g/mol.